The van der Waals surface area contributed by atoms with Crippen LogP contribution >= 0.6 is 0 Å². The summed E-state index contributed by atoms with van der Waals surface area (Å²) in [5.74, 6) is 1.18. The number of nitrogens with zero attached hydrogens (tertiary/aromatic N) is 4. The van der Waals surface area contributed by atoms with Crippen molar-refractivity contribution < 1.29 is 4.79 Å². The molecule has 0 saturated carbocycles. The number of carbonyl (C=O) groups is 1. The molecule has 3 N–H and O–H groups in total. The fourth-order valence-electron chi connectivity index (χ4n) is 3.11. The summed E-state index contributed by atoms with van der Waals surface area (Å²) in [6.07, 6.45) is 1.15. The van der Waals surface area contributed by atoms with Crippen molar-refractivity contribution in [3.05, 3.63) is 40.8 Å². The lowest BCUT2D eigenvalue weighted by molar-refractivity contribution is -0.116. The van der Waals surface area contributed by atoms with Gasteiger partial charge in [-0.25, -0.2) is 4.98 Å². The minimum absolute atomic E-state index is 0.0997. The summed E-state index contributed by atoms with van der Waals surface area (Å²) in [4.78, 5) is 21.0. The monoisotopic (exact) mass is 399 g/mol. The molecule has 2 heterocycles. The summed E-state index contributed by atoms with van der Waals surface area (Å²) in [6, 6.07) is 5.73. The van der Waals surface area contributed by atoms with E-state index in [1.807, 2.05) is 44.6 Å². The van der Waals surface area contributed by atoms with E-state index in [2.05, 4.69) is 44.9 Å². The van der Waals surface area contributed by atoms with Crippen LogP contribution in [0.2, 0.25) is 0 Å². The molecule has 1 atom stereocenters. The standard InChI is InChI=1S/C21H33N7O/c1-7-22-21(25-15(3)13-18-16(4)27-28(6)17(18)5)23-12-11-20(29)26-19-10-8-9-14(2)24-19/h8-10,15H,7,11-13H2,1-6H3,(H2,22,23,25)(H,24,26,29). The Labute approximate surface area is 173 Å². The molecule has 1 amide bonds. The largest absolute Gasteiger partial charge is 0.357 e. The normalized spacial score (nSPS) is 12.6. The molecule has 0 aliphatic carbocycles. The highest BCUT2D eigenvalue weighted by Gasteiger charge is 2.14. The molecule has 8 heteroatoms. The predicted molar refractivity (Wildman–Crippen MR) is 117 cm³/mol. The van der Waals surface area contributed by atoms with Crippen molar-refractivity contribution in [2.24, 2.45) is 12.0 Å². The Morgan fingerprint density at radius 2 is 2.03 bits per heavy atom. The Morgan fingerprint density at radius 3 is 2.66 bits per heavy atom. The van der Waals surface area contributed by atoms with Crippen molar-refractivity contribution in [1.82, 2.24) is 25.4 Å². The summed E-state index contributed by atoms with van der Waals surface area (Å²) in [6.45, 7) is 11.3. The first-order chi connectivity index (χ1) is 13.8. The van der Waals surface area contributed by atoms with Crippen LogP contribution in [-0.2, 0) is 18.3 Å². The zero-order valence-corrected chi connectivity index (χ0v) is 18.3. The Hall–Kier alpha value is -2.90. The first-order valence-corrected chi connectivity index (χ1v) is 10.1. The highest BCUT2D eigenvalue weighted by atomic mass is 16.1. The lowest BCUT2D eigenvalue weighted by Gasteiger charge is -2.18. The number of hydrogen-bond acceptors (Lipinski definition) is 4. The first-order valence-electron chi connectivity index (χ1n) is 10.1. The lowest BCUT2D eigenvalue weighted by atomic mass is 10.1. The molecular weight excluding hydrogens is 366 g/mol. The molecule has 29 heavy (non-hydrogen) atoms. The summed E-state index contributed by atoms with van der Waals surface area (Å²) < 4.78 is 1.92. The van der Waals surface area contributed by atoms with Crippen LogP contribution in [0.25, 0.3) is 0 Å². The van der Waals surface area contributed by atoms with Gasteiger partial charge >= 0.3 is 0 Å². The van der Waals surface area contributed by atoms with Crippen molar-refractivity contribution in [3.8, 4) is 0 Å². The van der Waals surface area contributed by atoms with Gasteiger partial charge in [-0.2, -0.15) is 5.10 Å². The molecule has 1 unspecified atom stereocenters. The number of pyridine rings is 1. The van der Waals surface area contributed by atoms with Crippen LogP contribution < -0.4 is 16.0 Å². The van der Waals surface area contributed by atoms with Gasteiger partial charge in [-0.05, 0) is 58.7 Å². The van der Waals surface area contributed by atoms with Gasteiger partial charge in [-0.1, -0.05) is 6.07 Å². The number of aryl methyl sites for hydroxylation is 3. The van der Waals surface area contributed by atoms with E-state index in [0.717, 1.165) is 24.4 Å². The van der Waals surface area contributed by atoms with Crippen molar-refractivity contribution in [2.75, 3.05) is 18.4 Å². The zero-order chi connectivity index (χ0) is 21.4. The third kappa shape index (κ3) is 6.89. The van der Waals surface area contributed by atoms with Crippen molar-refractivity contribution in [1.29, 1.82) is 0 Å². The van der Waals surface area contributed by atoms with Crippen LogP contribution in [0.3, 0.4) is 0 Å². The molecule has 0 bridgehead atoms. The second-order valence-corrected chi connectivity index (χ2v) is 7.25. The smallest absolute Gasteiger partial charge is 0.227 e. The number of nitrogens with one attached hydrogen (secondary N) is 3. The van der Waals surface area contributed by atoms with E-state index >= 15 is 0 Å². The van der Waals surface area contributed by atoms with Crippen LogP contribution in [0.5, 0.6) is 0 Å². The van der Waals surface area contributed by atoms with Crippen LogP contribution in [0, 0.1) is 20.8 Å². The molecule has 0 radical (unpaired) electrons. The van der Waals surface area contributed by atoms with Gasteiger partial charge in [-0.3, -0.25) is 14.5 Å². The third-order valence-corrected chi connectivity index (χ3v) is 4.66. The van der Waals surface area contributed by atoms with Crippen molar-refractivity contribution >= 4 is 17.7 Å². The Kier molecular flexibility index (Phi) is 8.18. The average molecular weight is 400 g/mol. The van der Waals surface area contributed by atoms with Gasteiger partial charge in [0.1, 0.15) is 5.82 Å². The average Bonchev–Trinajstić information content (AvgIpc) is 2.88. The van der Waals surface area contributed by atoms with Gasteiger partial charge in [0.25, 0.3) is 0 Å². The lowest BCUT2D eigenvalue weighted by Crippen LogP contribution is -2.43. The quantitative estimate of drug-likeness (QED) is 0.467. The number of aliphatic imine (C=N–C) groups is 1. The van der Waals surface area contributed by atoms with E-state index in [0.29, 0.717) is 24.7 Å². The number of guanidine groups is 1. The van der Waals surface area contributed by atoms with E-state index < -0.39 is 0 Å². The first kappa shape index (κ1) is 22.4. The van der Waals surface area contributed by atoms with Crippen LogP contribution in [0.15, 0.2) is 23.2 Å². The molecule has 2 aromatic heterocycles. The predicted octanol–water partition coefficient (Wildman–Crippen LogP) is 2.26. The maximum Gasteiger partial charge on any atom is 0.227 e. The Morgan fingerprint density at radius 1 is 1.28 bits per heavy atom. The third-order valence-electron chi connectivity index (χ3n) is 4.66. The second kappa shape index (κ2) is 10.6. The minimum Gasteiger partial charge on any atom is -0.357 e. The molecule has 0 aromatic carbocycles. The fourth-order valence-corrected chi connectivity index (χ4v) is 3.11. The van der Waals surface area contributed by atoms with Gasteiger partial charge in [0.15, 0.2) is 5.96 Å². The molecule has 0 aliphatic heterocycles. The number of carbonyl (C=O) groups excluding carboxylic acids is 1. The van der Waals surface area contributed by atoms with Gasteiger partial charge < -0.3 is 16.0 Å². The van der Waals surface area contributed by atoms with Crippen LogP contribution in [0.4, 0.5) is 5.82 Å². The van der Waals surface area contributed by atoms with Gasteiger partial charge in [0.05, 0.1) is 12.2 Å². The van der Waals surface area contributed by atoms with Crippen molar-refractivity contribution in [3.63, 3.8) is 0 Å². The molecule has 8 nitrogen and oxygen atoms in total. The van der Waals surface area contributed by atoms with Crippen molar-refractivity contribution in [2.45, 2.75) is 53.5 Å². The van der Waals surface area contributed by atoms with Crippen LogP contribution in [-0.4, -0.2) is 45.8 Å². The van der Waals surface area contributed by atoms with Gasteiger partial charge in [-0.15, -0.1) is 0 Å². The molecule has 0 aliphatic rings. The van der Waals surface area contributed by atoms with Gasteiger partial charge in [0.2, 0.25) is 5.91 Å². The minimum atomic E-state index is -0.0997. The SMILES string of the molecule is CCNC(=NCCC(=O)Nc1cccc(C)n1)NC(C)Cc1c(C)nn(C)c1C. The molecular formula is C21H33N7O. The number of hydrogen-bond donors (Lipinski definition) is 3. The fraction of sp³-hybridized carbons (Fsp3) is 0.524. The number of aromatic nitrogens is 3. The zero-order valence-electron chi connectivity index (χ0n) is 18.3. The molecule has 2 aromatic rings. The topological polar surface area (TPSA) is 96.2 Å². The molecule has 0 fully saturated rings. The number of anilines is 1. The Bertz CT molecular complexity index is 857. The van der Waals surface area contributed by atoms with E-state index in [1.165, 1.54) is 11.3 Å². The highest BCUT2D eigenvalue weighted by Crippen LogP contribution is 2.14. The summed E-state index contributed by atoms with van der Waals surface area (Å²) >= 11 is 0. The van der Waals surface area contributed by atoms with Gasteiger partial charge in [0, 0.05) is 37.4 Å². The maximum atomic E-state index is 12.1. The van der Waals surface area contributed by atoms with E-state index in [4.69, 9.17) is 0 Å². The van der Waals surface area contributed by atoms with E-state index in [1.54, 1.807) is 6.07 Å². The molecule has 158 valence electrons. The summed E-state index contributed by atoms with van der Waals surface area (Å²) in [5, 5.41) is 13.9. The second-order valence-electron chi connectivity index (χ2n) is 7.25. The molecule has 2 rings (SSSR count). The number of rotatable bonds is 8. The summed E-state index contributed by atoms with van der Waals surface area (Å²) in [5.41, 5.74) is 4.36. The molecule has 0 spiro atoms. The molecule has 0 saturated heterocycles. The maximum absolute atomic E-state index is 12.1. The van der Waals surface area contributed by atoms with E-state index in [9.17, 15) is 4.79 Å². The highest BCUT2D eigenvalue weighted by molar-refractivity contribution is 5.90. The Balaban J connectivity index is 1.88. The number of amides is 1. The van der Waals surface area contributed by atoms with Crippen LogP contribution in [0.1, 0.15) is 42.9 Å². The van der Waals surface area contributed by atoms with E-state index in [-0.39, 0.29) is 11.9 Å². The summed E-state index contributed by atoms with van der Waals surface area (Å²) in [7, 11) is 1.97.